The number of methoxy groups -OCH3 is 1. The predicted octanol–water partition coefficient (Wildman–Crippen LogP) is 4.87. The number of anilines is 1. The Kier molecular flexibility index (Phi) is 6.53. The van der Waals surface area contributed by atoms with Gasteiger partial charge in [-0.3, -0.25) is 9.69 Å². The average molecular weight is 518 g/mol. The van der Waals surface area contributed by atoms with Gasteiger partial charge in [0.1, 0.15) is 5.75 Å². The van der Waals surface area contributed by atoms with Gasteiger partial charge in [-0.2, -0.15) is 0 Å². The zero-order chi connectivity index (χ0) is 25.3. The zero-order valence-corrected chi connectivity index (χ0v) is 21.0. The SMILES string of the molecule is COc1ccc(CC2SC(=Nc3ccc(S(N)(=O)=O)cc3)N(c3ccccc3)C2=O)c2ccccc12. The molecule has 0 aromatic heterocycles. The Balaban J connectivity index is 1.52. The number of fused-ring (bicyclic) bond motifs is 1. The molecule has 0 aliphatic carbocycles. The number of nitrogens with zero attached hydrogens (tertiary/aromatic N) is 2. The van der Waals surface area contributed by atoms with E-state index in [9.17, 15) is 13.2 Å². The van der Waals surface area contributed by atoms with Gasteiger partial charge in [0.05, 0.1) is 28.6 Å². The number of hydrogen-bond donors (Lipinski definition) is 1. The summed E-state index contributed by atoms with van der Waals surface area (Å²) in [7, 11) is -2.16. The van der Waals surface area contributed by atoms with Gasteiger partial charge in [-0.1, -0.05) is 60.3 Å². The lowest BCUT2D eigenvalue weighted by atomic mass is 9.99. The first-order valence-electron chi connectivity index (χ1n) is 11.2. The van der Waals surface area contributed by atoms with Crippen molar-refractivity contribution in [3.8, 4) is 5.75 Å². The summed E-state index contributed by atoms with van der Waals surface area (Å²) in [5.74, 6) is 0.724. The average Bonchev–Trinajstić information content (AvgIpc) is 3.18. The van der Waals surface area contributed by atoms with Crippen molar-refractivity contribution >= 4 is 55.0 Å². The number of amidine groups is 1. The number of ether oxygens (including phenoxy) is 1. The lowest BCUT2D eigenvalue weighted by Crippen LogP contribution is -2.32. The van der Waals surface area contributed by atoms with Crippen LogP contribution >= 0.6 is 11.8 Å². The number of nitrogens with two attached hydrogens (primary N) is 1. The molecule has 1 aliphatic rings. The maximum Gasteiger partial charge on any atom is 0.247 e. The normalized spacial score (nSPS) is 17.2. The number of primary sulfonamides is 1. The Morgan fingerprint density at radius 1 is 0.917 bits per heavy atom. The van der Waals surface area contributed by atoms with Crippen LogP contribution < -0.4 is 14.8 Å². The highest BCUT2D eigenvalue weighted by Crippen LogP contribution is 2.37. The summed E-state index contributed by atoms with van der Waals surface area (Å²) in [5, 5.41) is 7.39. The summed E-state index contributed by atoms with van der Waals surface area (Å²) < 4.78 is 28.7. The molecule has 1 heterocycles. The molecular weight excluding hydrogens is 494 g/mol. The molecule has 2 N–H and O–H groups in total. The summed E-state index contributed by atoms with van der Waals surface area (Å²) in [5.41, 5.74) is 2.29. The second-order valence-electron chi connectivity index (χ2n) is 8.23. The highest BCUT2D eigenvalue weighted by Gasteiger charge is 2.39. The topological polar surface area (TPSA) is 102 Å². The molecule has 1 unspecified atom stereocenters. The van der Waals surface area contributed by atoms with E-state index >= 15 is 0 Å². The van der Waals surface area contributed by atoms with E-state index < -0.39 is 10.0 Å². The van der Waals surface area contributed by atoms with Gasteiger partial charge in [-0.25, -0.2) is 18.5 Å². The van der Waals surface area contributed by atoms with E-state index in [-0.39, 0.29) is 16.1 Å². The number of rotatable bonds is 6. The van der Waals surface area contributed by atoms with Crippen LogP contribution in [-0.2, 0) is 21.2 Å². The maximum atomic E-state index is 13.7. The fourth-order valence-corrected chi connectivity index (χ4v) is 5.90. The summed E-state index contributed by atoms with van der Waals surface area (Å²) in [6.07, 6.45) is 0.515. The first-order chi connectivity index (χ1) is 17.3. The van der Waals surface area contributed by atoms with Crippen LogP contribution in [0.4, 0.5) is 11.4 Å². The molecule has 1 atom stereocenters. The van der Waals surface area contributed by atoms with Crippen molar-refractivity contribution in [3.05, 3.63) is 96.6 Å². The molecule has 4 aromatic carbocycles. The number of thioether (sulfide) groups is 1. The van der Waals surface area contributed by atoms with E-state index in [0.717, 1.165) is 27.8 Å². The fraction of sp³-hybridized carbons (Fsp3) is 0.111. The molecule has 1 amide bonds. The summed E-state index contributed by atoms with van der Waals surface area (Å²) in [6, 6.07) is 27.2. The molecule has 36 heavy (non-hydrogen) atoms. The van der Waals surface area contributed by atoms with Crippen molar-refractivity contribution in [2.24, 2.45) is 10.1 Å². The zero-order valence-electron chi connectivity index (χ0n) is 19.4. The molecule has 4 aromatic rings. The molecule has 7 nitrogen and oxygen atoms in total. The molecule has 0 spiro atoms. The Labute approximate surface area is 213 Å². The summed E-state index contributed by atoms with van der Waals surface area (Å²) in [6.45, 7) is 0. The van der Waals surface area contributed by atoms with E-state index in [4.69, 9.17) is 14.9 Å². The number of sulfonamides is 1. The quantitative estimate of drug-likeness (QED) is 0.393. The van der Waals surface area contributed by atoms with Crippen LogP contribution in [0.2, 0.25) is 0 Å². The number of benzene rings is 4. The largest absolute Gasteiger partial charge is 0.496 e. The molecule has 0 saturated carbocycles. The predicted molar refractivity (Wildman–Crippen MR) is 144 cm³/mol. The Morgan fingerprint density at radius 3 is 2.25 bits per heavy atom. The monoisotopic (exact) mass is 517 g/mol. The van der Waals surface area contributed by atoms with Gasteiger partial charge >= 0.3 is 0 Å². The van der Waals surface area contributed by atoms with Gasteiger partial charge in [-0.05, 0) is 59.8 Å². The minimum absolute atomic E-state index is 0.00535. The van der Waals surface area contributed by atoms with Crippen molar-refractivity contribution in [2.75, 3.05) is 12.0 Å². The third-order valence-electron chi connectivity index (χ3n) is 5.94. The molecule has 182 valence electrons. The second-order valence-corrected chi connectivity index (χ2v) is 11.0. The molecule has 5 rings (SSSR count). The van der Waals surface area contributed by atoms with Crippen molar-refractivity contribution < 1.29 is 17.9 Å². The molecular formula is C27H23N3O4S2. The Bertz CT molecular complexity index is 1570. The van der Waals surface area contributed by atoms with Gasteiger partial charge in [0.15, 0.2) is 5.17 Å². The van der Waals surface area contributed by atoms with Gasteiger partial charge < -0.3 is 4.74 Å². The minimum atomic E-state index is -3.80. The smallest absolute Gasteiger partial charge is 0.247 e. The van der Waals surface area contributed by atoms with Crippen LogP contribution in [0, 0.1) is 0 Å². The van der Waals surface area contributed by atoms with Crippen LogP contribution in [0.25, 0.3) is 10.8 Å². The van der Waals surface area contributed by atoms with Crippen LogP contribution in [0.3, 0.4) is 0 Å². The van der Waals surface area contributed by atoms with E-state index in [1.165, 1.54) is 23.9 Å². The third-order valence-corrected chi connectivity index (χ3v) is 8.01. The lowest BCUT2D eigenvalue weighted by molar-refractivity contribution is -0.116. The number of carbonyl (C=O) groups is 1. The van der Waals surface area contributed by atoms with Gasteiger partial charge in [0, 0.05) is 5.39 Å². The van der Waals surface area contributed by atoms with E-state index in [1.807, 2.05) is 66.7 Å². The Hall–Kier alpha value is -3.66. The lowest BCUT2D eigenvalue weighted by Gasteiger charge is -2.17. The molecule has 0 radical (unpaired) electrons. The molecule has 1 saturated heterocycles. The minimum Gasteiger partial charge on any atom is -0.496 e. The molecule has 9 heteroatoms. The number of para-hydroxylation sites is 1. The van der Waals surface area contributed by atoms with E-state index in [2.05, 4.69) is 0 Å². The van der Waals surface area contributed by atoms with Crippen molar-refractivity contribution in [1.29, 1.82) is 0 Å². The number of amides is 1. The first kappa shape index (κ1) is 24.1. The molecule has 0 bridgehead atoms. The van der Waals surface area contributed by atoms with Gasteiger partial charge in [0.2, 0.25) is 15.9 Å². The van der Waals surface area contributed by atoms with Crippen LogP contribution in [0.1, 0.15) is 5.56 Å². The van der Waals surface area contributed by atoms with Crippen molar-refractivity contribution in [3.63, 3.8) is 0 Å². The fourth-order valence-electron chi connectivity index (χ4n) is 4.20. The van der Waals surface area contributed by atoms with Crippen molar-refractivity contribution in [1.82, 2.24) is 0 Å². The standard InChI is InChI=1S/C27H23N3O4S2/c1-34-24-16-11-18(22-9-5-6-10-23(22)24)17-25-26(31)30(20-7-3-2-4-8-20)27(35-25)29-19-12-14-21(15-13-19)36(28,32)33/h2-16,25H,17H2,1H3,(H2,28,32,33). The number of hydrogen-bond acceptors (Lipinski definition) is 6. The number of carbonyl (C=O) groups excluding carboxylic acids is 1. The highest BCUT2D eigenvalue weighted by molar-refractivity contribution is 8.16. The van der Waals surface area contributed by atoms with Gasteiger partial charge in [-0.15, -0.1) is 0 Å². The summed E-state index contributed by atoms with van der Waals surface area (Å²) in [4.78, 5) is 20.0. The van der Waals surface area contributed by atoms with Crippen molar-refractivity contribution in [2.45, 2.75) is 16.6 Å². The first-order valence-corrected chi connectivity index (χ1v) is 13.6. The van der Waals surface area contributed by atoms with E-state index in [0.29, 0.717) is 17.3 Å². The molecule has 1 fully saturated rings. The number of aliphatic imine (C=N–C) groups is 1. The molecule has 1 aliphatic heterocycles. The second kappa shape index (κ2) is 9.77. The highest BCUT2D eigenvalue weighted by atomic mass is 32.2. The van der Waals surface area contributed by atoms with Crippen LogP contribution in [-0.4, -0.2) is 31.9 Å². The van der Waals surface area contributed by atoms with Gasteiger partial charge in [0.25, 0.3) is 0 Å². The summed E-state index contributed by atoms with van der Waals surface area (Å²) >= 11 is 1.39. The van der Waals surface area contributed by atoms with E-state index in [1.54, 1.807) is 24.1 Å². The van der Waals surface area contributed by atoms with Crippen LogP contribution in [0.15, 0.2) is 101 Å². The maximum absolute atomic E-state index is 13.7. The van der Waals surface area contributed by atoms with Crippen LogP contribution in [0.5, 0.6) is 5.75 Å². The third kappa shape index (κ3) is 4.73. The Morgan fingerprint density at radius 2 is 1.58 bits per heavy atom.